The van der Waals surface area contributed by atoms with E-state index < -0.39 is 21.8 Å². The van der Waals surface area contributed by atoms with Crippen molar-refractivity contribution in [1.29, 1.82) is 0 Å². The molecule has 1 saturated carbocycles. The molecule has 1 N–H and O–H groups in total. The molecule has 2 aromatic heterocycles. The van der Waals surface area contributed by atoms with E-state index in [1.807, 2.05) is 18.2 Å². The van der Waals surface area contributed by atoms with Crippen LogP contribution in [0.25, 0.3) is 10.9 Å². The average molecular weight is 628 g/mol. The minimum Gasteiger partial charge on any atom is -0.340 e. The third-order valence-electron chi connectivity index (χ3n) is 7.42. The smallest absolute Gasteiger partial charge is 0.273 e. The number of fused-ring (bicyclic) bond motifs is 3. The molecule has 0 saturated heterocycles. The van der Waals surface area contributed by atoms with Gasteiger partial charge in [0.25, 0.3) is 10.0 Å². The van der Waals surface area contributed by atoms with Crippen molar-refractivity contribution in [3.63, 3.8) is 0 Å². The number of nitrogens with zero attached hydrogens (tertiary/aromatic N) is 1. The Bertz CT molecular complexity index is 1690. The van der Waals surface area contributed by atoms with Gasteiger partial charge >= 0.3 is 0 Å². The maximum absolute atomic E-state index is 13.1. The number of carbonyl (C=O) groups excluding carboxylic acids is 1. The van der Waals surface area contributed by atoms with E-state index in [-0.39, 0.29) is 19.5 Å². The highest BCUT2D eigenvalue weighted by Gasteiger charge is 2.46. The number of thiophene rings is 1. The van der Waals surface area contributed by atoms with E-state index >= 15 is 0 Å². The molecule has 11 heteroatoms. The first kappa shape index (κ1) is 26.5. The fourth-order valence-electron chi connectivity index (χ4n) is 5.56. The van der Waals surface area contributed by atoms with Gasteiger partial charge in [0.15, 0.2) is 0 Å². The Hall–Kier alpha value is -1.74. The van der Waals surface area contributed by atoms with Crippen LogP contribution in [0.15, 0.2) is 46.7 Å². The zero-order valence-electron chi connectivity index (χ0n) is 19.9. The van der Waals surface area contributed by atoms with Crippen LogP contribution in [0.1, 0.15) is 47.6 Å². The second-order valence-corrected chi connectivity index (χ2v) is 14.6. The molecule has 0 aliphatic heterocycles. The van der Waals surface area contributed by atoms with E-state index in [1.165, 1.54) is 22.7 Å². The van der Waals surface area contributed by atoms with Crippen LogP contribution in [0.5, 0.6) is 0 Å². The Balaban J connectivity index is 1.35. The molecule has 6 rings (SSSR count). The predicted octanol–water partition coefficient (Wildman–Crippen LogP) is 7.85. The van der Waals surface area contributed by atoms with Crippen LogP contribution >= 0.6 is 57.7 Å². The van der Waals surface area contributed by atoms with Gasteiger partial charge in [-0.15, -0.1) is 11.3 Å². The molecule has 38 heavy (non-hydrogen) atoms. The molecule has 1 fully saturated rings. The molecule has 0 radical (unpaired) electrons. The summed E-state index contributed by atoms with van der Waals surface area (Å²) in [6, 6.07) is 13.1. The van der Waals surface area contributed by atoms with E-state index in [2.05, 4.69) is 21.4 Å². The second kappa shape index (κ2) is 10.0. The summed E-state index contributed by atoms with van der Waals surface area (Å²) in [5, 5.41) is 2.55. The number of hydrogen-bond donors (Lipinski definition) is 1. The van der Waals surface area contributed by atoms with Gasteiger partial charge in [-0.25, -0.2) is 13.1 Å². The number of carbonyl (C=O) groups is 1. The Morgan fingerprint density at radius 2 is 1.82 bits per heavy atom. The lowest BCUT2D eigenvalue weighted by atomic mass is 9.94. The molecule has 0 spiro atoms. The number of benzene rings is 2. The molecule has 5 nitrogen and oxygen atoms in total. The van der Waals surface area contributed by atoms with E-state index in [4.69, 9.17) is 46.4 Å². The van der Waals surface area contributed by atoms with E-state index in [0.717, 1.165) is 53.7 Å². The van der Waals surface area contributed by atoms with Crippen molar-refractivity contribution >= 4 is 84.6 Å². The molecule has 198 valence electrons. The maximum atomic E-state index is 13.1. The third-order valence-corrected chi connectivity index (χ3v) is 11.7. The Morgan fingerprint density at radius 3 is 2.55 bits per heavy atom. The molecule has 0 bridgehead atoms. The van der Waals surface area contributed by atoms with Crippen LogP contribution < -0.4 is 4.72 Å². The summed E-state index contributed by atoms with van der Waals surface area (Å²) < 4.78 is 30.2. The molecule has 2 unspecified atom stereocenters. The summed E-state index contributed by atoms with van der Waals surface area (Å²) >= 11 is 25.4. The van der Waals surface area contributed by atoms with Gasteiger partial charge in [0.05, 0.1) is 10.5 Å². The van der Waals surface area contributed by atoms with Crippen molar-refractivity contribution in [2.24, 2.45) is 5.92 Å². The largest absolute Gasteiger partial charge is 0.340 e. The topological polar surface area (TPSA) is 68.2 Å². The van der Waals surface area contributed by atoms with Crippen LogP contribution in [-0.2, 0) is 34.2 Å². The number of hydrogen-bond acceptors (Lipinski definition) is 4. The molecule has 2 atom stereocenters. The van der Waals surface area contributed by atoms with E-state index in [0.29, 0.717) is 23.0 Å². The van der Waals surface area contributed by atoms with Gasteiger partial charge in [0, 0.05) is 33.6 Å². The first-order valence-corrected chi connectivity index (χ1v) is 16.0. The van der Waals surface area contributed by atoms with E-state index in [9.17, 15) is 13.2 Å². The lowest BCUT2D eigenvalue weighted by Crippen LogP contribution is -2.31. The molecule has 2 aromatic carbocycles. The van der Waals surface area contributed by atoms with Crippen LogP contribution in [0, 0.1) is 5.92 Å². The highest BCUT2D eigenvalue weighted by molar-refractivity contribution is 7.92. The zero-order chi connectivity index (χ0) is 26.8. The second-order valence-electron chi connectivity index (χ2n) is 9.80. The van der Waals surface area contributed by atoms with Crippen molar-refractivity contribution in [2.75, 3.05) is 0 Å². The van der Waals surface area contributed by atoms with Crippen molar-refractivity contribution in [1.82, 2.24) is 9.29 Å². The molecule has 2 aliphatic rings. The number of aryl methyl sites for hydroxylation is 1. The monoisotopic (exact) mass is 626 g/mol. The Kier molecular flexibility index (Phi) is 6.98. The van der Waals surface area contributed by atoms with Gasteiger partial charge in [-0.05, 0) is 72.9 Å². The SMILES string of the molecule is O=C(NS(=O)(=O)c1cc(Cl)c(Cl)s1)C1CC1c1cccc2c3c(n(Cc4ccc(Cl)cc4Cl)c12)CCCC3. The van der Waals surface area contributed by atoms with Gasteiger partial charge in [0.1, 0.15) is 8.55 Å². The minimum atomic E-state index is -4.05. The summed E-state index contributed by atoms with van der Waals surface area (Å²) in [5.74, 6) is -1.04. The van der Waals surface area contributed by atoms with Crippen LogP contribution in [0.4, 0.5) is 0 Å². The lowest BCUT2D eigenvalue weighted by Gasteiger charge is -2.17. The summed E-state index contributed by atoms with van der Waals surface area (Å²) in [6.45, 7) is 0.594. The average Bonchev–Trinajstić information content (AvgIpc) is 3.52. The summed E-state index contributed by atoms with van der Waals surface area (Å²) in [5.41, 5.74) is 5.79. The fourth-order valence-corrected chi connectivity index (χ4v) is 8.94. The first-order chi connectivity index (χ1) is 18.1. The van der Waals surface area contributed by atoms with Crippen LogP contribution in [-0.4, -0.2) is 18.9 Å². The molecule has 2 heterocycles. The standard InChI is InChI=1S/C27H22Cl4N2O3S2/c28-15-9-8-14(21(29)10-15)13-33-23-7-2-1-4-16(23)17-5-3-6-18(25(17)33)19-11-20(19)27(34)32-38(35,36)24-12-22(30)26(31)37-24/h3,5-6,8-10,12,19-20H,1-2,4,7,11,13H2,(H,32,34). The van der Waals surface area contributed by atoms with Gasteiger partial charge in [-0.2, -0.15) is 0 Å². The van der Waals surface area contributed by atoms with E-state index in [1.54, 1.807) is 6.07 Å². The molecule has 1 amide bonds. The van der Waals surface area contributed by atoms with Gasteiger partial charge in [-0.1, -0.05) is 70.7 Å². The highest BCUT2D eigenvalue weighted by atomic mass is 35.5. The van der Waals surface area contributed by atoms with Crippen LogP contribution in [0.3, 0.4) is 0 Å². The van der Waals surface area contributed by atoms with Crippen LogP contribution in [0.2, 0.25) is 19.4 Å². The summed E-state index contributed by atoms with van der Waals surface area (Å²) in [4.78, 5) is 13.1. The Morgan fingerprint density at radius 1 is 1.03 bits per heavy atom. The quantitative estimate of drug-likeness (QED) is 0.237. The van der Waals surface area contributed by atoms with Gasteiger partial charge in [0.2, 0.25) is 5.91 Å². The first-order valence-electron chi connectivity index (χ1n) is 12.2. The van der Waals surface area contributed by atoms with Crippen molar-refractivity contribution in [3.8, 4) is 0 Å². The van der Waals surface area contributed by atoms with Crippen molar-refractivity contribution in [2.45, 2.75) is 48.8 Å². The molecular formula is C27H22Cl4N2O3S2. The maximum Gasteiger partial charge on any atom is 0.273 e. The number of sulfonamides is 1. The third kappa shape index (κ3) is 4.76. The zero-order valence-corrected chi connectivity index (χ0v) is 24.6. The fraction of sp³-hybridized carbons (Fsp3) is 0.296. The van der Waals surface area contributed by atoms with Gasteiger partial charge in [-0.3, -0.25) is 4.79 Å². The van der Waals surface area contributed by atoms with Crippen molar-refractivity contribution in [3.05, 3.63) is 84.3 Å². The molecular weight excluding hydrogens is 606 g/mol. The predicted molar refractivity (Wildman–Crippen MR) is 155 cm³/mol. The van der Waals surface area contributed by atoms with Gasteiger partial charge < -0.3 is 4.57 Å². The summed E-state index contributed by atoms with van der Waals surface area (Å²) in [7, 11) is -4.05. The lowest BCUT2D eigenvalue weighted by molar-refractivity contribution is -0.120. The normalized spacial score (nSPS) is 18.9. The number of para-hydroxylation sites is 1. The summed E-state index contributed by atoms with van der Waals surface area (Å²) in [6.07, 6.45) is 4.82. The number of aromatic nitrogens is 1. The minimum absolute atomic E-state index is 0.0819. The number of rotatable bonds is 6. The number of nitrogens with one attached hydrogen (secondary N) is 1. The Labute approximate surface area is 244 Å². The number of amides is 1. The number of halogens is 4. The molecule has 2 aliphatic carbocycles. The highest BCUT2D eigenvalue weighted by Crippen LogP contribution is 2.51. The molecule has 4 aromatic rings. The van der Waals surface area contributed by atoms with Crippen molar-refractivity contribution < 1.29 is 13.2 Å².